The predicted molar refractivity (Wildman–Crippen MR) is 96.9 cm³/mol. The molecule has 0 fully saturated rings. The SMILES string of the molecule is CCNc1c(C)c2cc(C(C)C)ccc3cc(C(F)(F)F)c(=O)c1c32. The minimum Gasteiger partial charge on any atom is -0.384 e. The smallest absolute Gasteiger partial charge is 0.384 e. The van der Waals surface area contributed by atoms with Gasteiger partial charge in [-0.1, -0.05) is 32.0 Å². The van der Waals surface area contributed by atoms with Crippen LogP contribution in [-0.2, 0) is 6.18 Å². The van der Waals surface area contributed by atoms with E-state index in [1.807, 2.05) is 39.8 Å². The fourth-order valence-electron chi connectivity index (χ4n) is 3.40. The van der Waals surface area contributed by atoms with Gasteiger partial charge in [-0.15, -0.1) is 0 Å². The van der Waals surface area contributed by atoms with Gasteiger partial charge in [0.1, 0.15) is 5.56 Å². The third-order valence-electron chi connectivity index (χ3n) is 4.70. The molecule has 0 saturated heterocycles. The van der Waals surface area contributed by atoms with Crippen LogP contribution >= 0.6 is 0 Å². The molecule has 2 nitrogen and oxygen atoms in total. The molecular formula is C20H20F3NO. The summed E-state index contributed by atoms with van der Waals surface area (Å²) in [5.41, 5.74) is 0.292. The van der Waals surface area contributed by atoms with Crippen LogP contribution in [0, 0.1) is 6.92 Å². The van der Waals surface area contributed by atoms with Gasteiger partial charge in [0, 0.05) is 17.6 Å². The third kappa shape index (κ3) is 2.71. The molecule has 3 aromatic carbocycles. The quantitative estimate of drug-likeness (QED) is 0.661. The largest absolute Gasteiger partial charge is 0.420 e. The van der Waals surface area contributed by atoms with E-state index in [0.29, 0.717) is 23.0 Å². The Balaban J connectivity index is 2.60. The maximum atomic E-state index is 13.4. The van der Waals surface area contributed by atoms with E-state index in [1.54, 1.807) is 6.07 Å². The molecule has 5 heteroatoms. The second kappa shape index (κ2) is 5.90. The van der Waals surface area contributed by atoms with Crippen LogP contribution in [-0.4, -0.2) is 6.54 Å². The lowest BCUT2D eigenvalue weighted by Crippen LogP contribution is -2.19. The molecule has 0 atom stereocenters. The Labute approximate surface area is 144 Å². The highest BCUT2D eigenvalue weighted by Crippen LogP contribution is 2.40. The van der Waals surface area contributed by atoms with Crippen molar-refractivity contribution in [1.82, 2.24) is 0 Å². The summed E-state index contributed by atoms with van der Waals surface area (Å²) in [4.78, 5) is 12.7. The standard InChI is InChI=1S/C20H20F3NO/c1-5-24-18-11(4)14-8-12(10(2)3)6-7-13-9-15(20(21,22)23)19(25)17(18)16(13)14/h6-10,24H,5H2,1-4H3. The van der Waals surface area contributed by atoms with Crippen LogP contribution in [0.2, 0.25) is 0 Å². The summed E-state index contributed by atoms with van der Waals surface area (Å²) in [6.45, 7) is 8.31. The van der Waals surface area contributed by atoms with Gasteiger partial charge in [0.15, 0.2) is 0 Å². The summed E-state index contributed by atoms with van der Waals surface area (Å²) in [7, 11) is 0. The fraction of sp³-hybridized carbons (Fsp3) is 0.350. The minimum absolute atomic E-state index is 0.144. The van der Waals surface area contributed by atoms with Gasteiger partial charge in [0.05, 0.1) is 5.39 Å². The molecule has 0 saturated carbocycles. The van der Waals surface area contributed by atoms with Gasteiger partial charge in [0.2, 0.25) is 5.43 Å². The van der Waals surface area contributed by atoms with Crippen molar-refractivity contribution in [2.24, 2.45) is 0 Å². The van der Waals surface area contributed by atoms with E-state index in [2.05, 4.69) is 5.32 Å². The second-order valence-corrected chi connectivity index (χ2v) is 6.67. The Hall–Kier alpha value is -2.30. The number of nitrogens with one attached hydrogen (secondary N) is 1. The summed E-state index contributed by atoms with van der Waals surface area (Å²) < 4.78 is 40.2. The van der Waals surface area contributed by atoms with Crippen LogP contribution in [0.15, 0.2) is 29.1 Å². The van der Waals surface area contributed by atoms with Crippen molar-refractivity contribution in [3.8, 4) is 0 Å². The molecule has 3 rings (SSSR count). The molecule has 0 aliphatic rings. The van der Waals surface area contributed by atoms with Crippen LogP contribution in [0.4, 0.5) is 18.9 Å². The molecule has 1 N–H and O–H groups in total. The van der Waals surface area contributed by atoms with E-state index in [1.165, 1.54) is 0 Å². The van der Waals surface area contributed by atoms with Gasteiger partial charge >= 0.3 is 6.18 Å². The predicted octanol–water partition coefficient (Wildman–Crippen LogP) is 5.67. The highest BCUT2D eigenvalue weighted by molar-refractivity contribution is 6.19. The highest BCUT2D eigenvalue weighted by Gasteiger charge is 2.35. The lowest BCUT2D eigenvalue weighted by Gasteiger charge is -2.08. The average molecular weight is 347 g/mol. The highest BCUT2D eigenvalue weighted by atomic mass is 19.4. The van der Waals surface area contributed by atoms with Crippen molar-refractivity contribution in [3.05, 3.63) is 51.2 Å². The van der Waals surface area contributed by atoms with Gasteiger partial charge in [-0.05, 0) is 47.7 Å². The maximum absolute atomic E-state index is 13.4. The number of halogens is 3. The molecule has 0 aromatic heterocycles. The summed E-state index contributed by atoms with van der Waals surface area (Å²) in [5.74, 6) is 0.228. The van der Waals surface area contributed by atoms with Crippen LogP contribution in [0.5, 0.6) is 0 Å². The zero-order chi connectivity index (χ0) is 18.5. The van der Waals surface area contributed by atoms with E-state index in [4.69, 9.17) is 0 Å². The number of anilines is 1. The molecule has 25 heavy (non-hydrogen) atoms. The Morgan fingerprint density at radius 3 is 2.36 bits per heavy atom. The first kappa shape index (κ1) is 17.5. The number of hydrogen-bond acceptors (Lipinski definition) is 2. The normalized spacial score (nSPS) is 12.5. The third-order valence-corrected chi connectivity index (χ3v) is 4.70. The Bertz CT molecular complexity index is 1010. The van der Waals surface area contributed by atoms with Crippen molar-refractivity contribution < 1.29 is 13.2 Å². The minimum atomic E-state index is -4.68. The van der Waals surface area contributed by atoms with Gasteiger partial charge in [-0.3, -0.25) is 4.79 Å². The molecule has 0 heterocycles. The molecule has 0 amide bonds. The molecule has 0 bridgehead atoms. The van der Waals surface area contributed by atoms with Crippen LogP contribution in [0.25, 0.3) is 21.5 Å². The average Bonchev–Trinajstić information content (AvgIpc) is 2.68. The van der Waals surface area contributed by atoms with Gasteiger partial charge in [0.25, 0.3) is 0 Å². The molecule has 0 unspecified atom stereocenters. The van der Waals surface area contributed by atoms with Gasteiger partial charge in [-0.2, -0.15) is 13.2 Å². The zero-order valence-corrected chi connectivity index (χ0v) is 14.6. The summed E-state index contributed by atoms with van der Waals surface area (Å²) >= 11 is 0. The fourth-order valence-corrected chi connectivity index (χ4v) is 3.40. The van der Waals surface area contributed by atoms with Gasteiger partial charge in [-0.25, -0.2) is 0 Å². The topological polar surface area (TPSA) is 29.1 Å². The Kier molecular flexibility index (Phi) is 4.13. The van der Waals surface area contributed by atoms with E-state index < -0.39 is 17.2 Å². The van der Waals surface area contributed by atoms with Crippen molar-refractivity contribution in [2.75, 3.05) is 11.9 Å². The van der Waals surface area contributed by atoms with Crippen molar-refractivity contribution in [1.29, 1.82) is 0 Å². The Morgan fingerprint density at radius 2 is 1.80 bits per heavy atom. The molecular weight excluding hydrogens is 327 g/mol. The van der Waals surface area contributed by atoms with Crippen LogP contribution in [0.1, 0.15) is 43.4 Å². The number of rotatable bonds is 3. The van der Waals surface area contributed by atoms with E-state index >= 15 is 0 Å². The monoisotopic (exact) mass is 347 g/mol. The lowest BCUT2D eigenvalue weighted by atomic mass is 10.0. The molecule has 132 valence electrons. The van der Waals surface area contributed by atoms with Crippen molar-refractivity contribution in [2.45, 2.75) is 39.8 Å². The molecule has 0 aliphatic carbocycles. The molecule has 3 aromatic rings. The van der Waals surface area contributed by atoms with Crippen LogP contribution in [0.3, 0.4) is 0 Å². The van der Waals surface area contributed by atoms with E-state index in [-0.39, 0.29) is 11.3 Å². The van der Waals surface area contributed by atoms with E-state index in [0.717, 1.165) is 22.6 Å². The number of aryl methyl sites for hydroxylation is 1. The number of alkyl halides is 3. The molecule has 0 radical (unpaired) electrons. The molecule has 0 aliphatic heterocycles. The van der Waals surface area contributed by atoms with Crippen molar-refractivity contribution in [3.63, 3.8) is 0 Å². The van der Waals surface area contributed by atoms with Crippen molar-refractivity contribution >= 4 is 27.2 Å². The van der Waals surface area contributed by atoms with Crippen LogP contribution < -0.4 is 10.7 Å². The first-order valence-corrected chi connectivity index (χ1v) is 8.34. The first-order valence-electron chi connectivity index (χ1n) is 8.34. The first-order chi connectivity index (χ1) is 11.7. The summed E-state index contributed by atoms with van der Waals surface area (Å²) in [5, 5.41) is 5.12. The van der Waals surface area contributed by atoms with E-state index in [9.17, 15) is 18.0 Å². The number of hydrogen-bond donors (Lipinski definition) is 1. The lowest BCUT2D eigenvalue weighted by molar-refractivity contribution is -0.138. The summed E-state index contributed by atoms with van der Waals surface area (Å²) in [6, 6.07) is 6.50. The number of benzene rings is 1. The van der Waals surface area contributed by atoms with Gasteiger partial charge < -0.3 is 5.32 Å². The maximum Gasteiger partial charge on any atom is 0.420 e. The Morgan fingerprint density at radius 1 is 1.12 bits per heavy atom. The molecule has 0 spiro atoms. The second-order valence-electron chi connectivity index (χ2n) is 6.67. The zero-order valence-electron chi connectivity index (χ0n) is 14.6. The summed E-state index contributed by atoms with van der Waals surface area (Å²) in [6.07, 6.45) is -4.68.